The number of para-hydroxylation sites is 1. The SMILES string of the molecule is C#CC(CCC)Nc1ccnc2c([N+](=O)[O-])cccc12. The molecule has 0 saturated carbocycles. The minimum atomic E-state index is -0.427. The number of terminal acetylenes is 1. The number of non-ortho nitro benzene ring substituents is 1. The third-order valence-corrected chi connectivity index (χ3v) is 3.05. The van der Waals surface area contributed by atoms with Crippen LogP contribution < -0.4 is 5.32 Å². The van der Waals surface area contributed by atoms with Gasteiger partial charge < -0.3 is 5.32 Å². The zero-order valence-electron chi connectivity index (χ0n) is 11.2. The first-order valence-corrected chi connectivity index (χ1v) is 6.42. The van der Waals surface area contributed by atoms with E-state index in [1.54, 1.807) is 24.4 Å². The number of nitro benzene ring substituents is 1. The van der Waals surface area contributed by atoms with Crippen LogP contribution in [0, 0.1) is 22.5 Å². The molecule has 0 saturated heterocycles. The third kappa shape index (κ3) is 2.69. The molecule has 0 spiro atoms. The predicted octanol–water partition coefficient (Wildman–Crippen LogP) is 3.36. The molecule has 1 aromatic carbocycles. The van der Waals surface area contributed by atoms with Gasteiger partial charge in [0.2, 0.25) is 0 Å². The second kappa shape index (κ2) is 6.02. The Morgan fingerprint density at radius 1 is 1.50 bits per heavy atom. The summed E-state index contributed by atoms with van der Waals surface area (Å²) in [6.07, 6.45) is 8.85. The van der Waals surface area contributed by atoms with Crippen molar-refractivity contribution in [2.24, 2.45) is 0 Å². The average Bonchev–Trinajstić information content (AvgIpc) is 2.46. The summed E-state index contributed by atoms with van der Waals surface area (Å²) >= 11 is 0. The highest BCUT2D eigenvalue weighted by atomic mass is 16.6. The summed E-state index contributed by atoms with van der Waals surface area (Å²) in [6.45, 7) is 2.06. The summed E-state index contributed by atoms with van der Waals surface area (Å²) in [7, 11) is 0. The highest BCUT2D eigenvalue weighted by Gasteiger charge is 2.15. The van der Waals surface area contributed by atoms with Crippen LogP contribution in [0.1, 0.15) is 19.8 Å². The van der Waals surface area contributed by atoms with Crippen LogP contribution in [0.25, 0.3) is 10.9 Å². The number of fused-ring (bicyclic) bond motifs is 1. The van der Waals surface area contributed by atoms with Crippen LogP contribution in [0.5, 0.6) is 0 Å². The predicted molar refractivity (Wildman–Crippen MR) is 79.5 cm³/mol. The van der Waals surface area contributed by atoms with E-state index in [4.69, 9.17) is 6.42 Å². The molecule has 2 rings (SSSR count). The van der Waals surface area contributed by atoms with Crippen molar-refractivity contribution in [2.75, 3.05) is 5.32 Å². The molecule has 0 amide bonds. The van der Waals surface area contributed by atoms with Crippen LogP contribution in [0.3, 0.4) is 0 Å². The van der Waals surface area contributed by atoms with Gasteiger partial charge in [-0.1, -0.05) is 31.4 Å². The van der Waals surface area contributed by atoms with Crippen LogP contribution >= 0.6 is 0 Å². The Morgan fingerprint density at radius 2 is 2.30 bits per heavy atom. The fourth-order valence-corrected chi connectivity index (χ4v) is 2.11. The van der Waals surface area contributed by atoms with E-state index in [1.807, 2.05) is 0 Å². The summed E-state index contributed by atoms with van der Waals surface area (Å²) in [5.41, 5.74) is 1.14. The van der Waals surface area contributed by atoms with E-state index in [0.29, 0.717) is 10.9 Å². The molecule has 1 N–H and O–H groups in total. The second-order valence-electron chi connectivity index (χ2n) is 4.44. The molecule has 20 heavy (non-hydrogen) atoms. The molecular formula is C15H15N3O2. The largest absolute Gasteiger partial charge is 0.371 e. The lowest BCUT2D eigenvalue weighted by Gasteiger charge is -2.15. The molecule has 1 aromatic heterocycles. The Bertz CT molecular complexity index is 676. The highest BCUT2D eigenvalue weighted by molar-refractivity contribution is 5.96. The molecule has 5 nitrogen and oxygen atoms in total. The van der Waals surface area contributed by atoms with Gasteiger partial charge in [-0.25, -0.2) is 4.98 Å². The summed E-state index contributed by atoms with van der Waals surface area (Å²) in [5, 5.41) is 15.0. The lowest BCUT2D eigenvalue weighted by Crippen LogP contribution is -2.16. The van der Waals surface area contributed by atoms with E-state index < -0.39 is 4.92 Å². The maximum absolute atomic E-state index is 11.0. The Balaban J connectivity index is 2.48. The minimum Gasteiger partial charge on any atom is -0.371 e. The number of pyridine rings is 1. The number of nitrogens with zero attached hydrogens (tertiary/aromatic N) is 2. The minimum absolute atomic E-state index is 0.00102. The van der Waals surface area contributed by atoms with Gasteiger partial charge in [0.1, 0.15) is 5.52 Å². The van der Waals surface area contributed by atoms with Gasteiger partial charge in [0.15, 0.2) is 0 Å². The smallest absolute Gasteiger partial charge is 0.295 e. The van der Waals surface area contributed by atoms with E-state index in [-0.39, 0.29) is 11.7 Å². The Kier molecular flexibility index (Phi) is 4.16. The van der Waals surface area contributed by atoms with E-state index in [2.05, 4.69) is 23.1 Å². The number of nitrogens with one attached hydrogen (secondary N) is 1. The van der Waals surface area contributed by atoms with Crippen LogP contribution in [0.4, 0.5) is 11.4 Å². The van der Waals surface area contributed by atoms with E-state index in [1.165, 1.54) is 6.07 Å². The topological polar surface area (TPSA) is 68.1 Å². The lowest BCUT2D eigenvalue weighted by molar-refractivity contribution is -0.383. The highest BCUT2D eigenvalue weighted by Crippen LogP contribution is 2.29. The molecule has 0 aliphatic carbocycles. The first-order chi connectivity index (χ1) is 9.67. The normalized spacial score (nSPS) is 11.8. The number of hydrogen-bond acceptors (Lipinski definition) is 4. The van der Waals surface area contributed by atoms with Crippen molar-refractivity contribution in [3.63, 3.8) is 0 Å². The van der Waals surface area contributed by atoms with Crippen molar-refractivity contribution in [2.45, 2.75) is 25.8 Å². The van der Waals surface area contributed by atoms with Crippen LogP contribution in [0.15, 0.2) is 30.5 Å². The van der Waals surface area contributed by atoms with Crippen LogP contribution in [-0.4, -0.2) is 15.9 Å². The maximum atomic E-state index is 11.0. The van der Waals surface area contributed by atoms with Gasteiger partial charge in [0.05, 0.1) is 11.0 Å². The zero-order chi connectivity index (χ0) is 14.5. The van der Waals surface area contributed by atoms with Gasteiger partial charge in [-0.3, -0.25) is 10.1 Å². The monoisotopic (exact) mass is 269 g/mol. The molecule has 1 atom stereocenters. The number of nitro groups is 1. The summed E-state index contributed by atoms with van der Waals surface area (Å²) in [4.78, 5) is 14.7. The summed E-state index contributed by atoms with van der Waals surface area (Å²) in [6, 6.07) is 6.59. The average molecular weight is 269 g/mol. The lowest BCUT2D eigenvalue weighted by atomic mass is 10.1. The fourth-order valence-electron chi connectivity index (χ4n) is 2.11. The Labute approximate surface area is 117 Å². The Morgan fingerprint density at radius 3 is 2.95 bits per heavy atom. The molecule has 0 bridgehead atoms. The van der Waals surface area contributed by atoms with Gasteiger partial charge in [-0.15, -0.1) is 6.42 Å². The Hall–Kier alpha value is -2.61. The summed E-state index contributed by atoms with van der Waals surface area (Å²) < 4.78 is 0. The van der Waals surface area contributed by atoms with Crippen molar-refractivity contribution in [1.29, 1.82) is 0 Å². The number of anilines is 1. The van der Waals surface area contributed by atoms with Gasteiger partial charge in [0.25, 0.3) is 5.69 Å². The van der Waals surface area contributed by atoms with Gasteiger partial charge in [-0.05, 0) is 12.5 Å². The van der Waals surface area contributed by atoms with Crippen LogP contribution in [-0.2, 0) is 0 Å². The quantitative estimate of drug-likeness (QED) is 0.513. The second-order valence-corrected chi connectivity index (χ2v) is 4.44. The molecule has 0 aliphatic heterocycles. The zero-order valence-corrected chi connectivity index (χ0v) is 11.2. The molecule has 0 radical (unpaired) electrons. The summed E-state index contributed by atoms with van der Waals surface area (Å²) in [5.74, 6) is 2.69. The number of hydrogen-bond donors (Lipinski definition) is 1. The molecule has 5 heteroatoms. The standard InChI is InChI=1S/C15H15N3O2/c1-3-6-11(4-2)17-13-9-10-16-15-12(13)7-5-8-14(15)18(19)20/h2,5,7-11H,3,6H2,1H3,(H,16,17). The third-order valence-electron chi connectivity index (χ3n) is 3.05. The fraction of sp³-hybridized carbons (Fsp3) is 0.267. The van der Waals surface area contributed by atoms with E-state index >= 15 is 0 Å². The molecule has 0 fully saturated rings. The van der Waals surface area contributed by atoms with Crippen molar-refractivity contribution in [1.82, 2.24) is 4.98 Å². The number of aromatic nitrogens is 1. The van der Waals surface area contributed by atoms with Crippen molar-refractivity contribution in [3.05, 3.63) is 40.6 Å². The molecular weight excluding hydrogens is 254 g/mol. The maximum Gasteiger partial charge on any atom is 0.295 e. The van der Waals surface area contributed by atoms with Crippen molar-refractivity contribution >= 4 is 22.3 Å². The first-order valence-electron chi connectivity index (χ1n) is 6.42. The molecule has 1 unspecified atom stereocenters. The van der Waals surface area contributed by atoms with E-state index in [9.17, 15) is 10.1 Å². The molecule has 102 valence electrons. The van der Waals surface area contributed by atoms with Crippen LogP contribution in [0.2, 0.25) is 0 Å². The van der Waals surface area contributed by atoms with Gasteiger partial charge in [-0.2, -0.15) is 0 Å². The van der Waals surface area contributed by atoms with Gasteiger partial charge in [0, 0.05) is 23.3 Å². The molecule has 0 aliphatic rings. The van der Waals surface area contributed by atoms with Crippen molar-refractivity contribution in [3.8, 4) is 12.3 Å². The van der Waals surface area contributed by atoms with Gasteiger partial charge >= 0.3 is 0 Å². The van der Waals surface area contributed by atoms with Crippen molar-refractivity contribution < 1.29 is 4.92 Å². The van der Waals surface area contributed by atoms with E-state index in [0.717, 1.165) is 18.5 Å². The first kappa shape index (κ1) is 13.8. The molecule has 1 heterocycles. The molecule has 2 aromatic rings. The number of benzene rings is 1. The number of rotatable bonds is 5.